The SMILES string of the molecule is CNC(=O)C(C)(C)CNC(=O)c1cc(F)c(N)c(F)c1. The van der Waals surface area contributed by atoms with Crippen molar-refractivity contribution >= 4 is 17.5 Å². The molecule has 1 aromatic carbocycles. The predicted molar refractivity (Wildman–Crippen MR) is 71.0 cm³/mol. The van der Waals surface area contributed by atoms with Crippen LogP contribution >= 0.6 is 0 Å². The van der Waals surface area contributed by atoms with E-state index in [9.17, 15) is 18.4 Å². The lowest BCUT2D eigenvalue weighted by atomic mass is 9.92. The highest BCUT2D eigenvalue weighted by molar-refractivity contribution is 5.95. The van der Waals surface area contributed by atoms with Crippen molar-refractivity contribution in [1.29, 1.82) is 0 Å². The summed E-state index contributed by atoms with van der Waals surface area (Å²) >= 11 is 0. The van der Waals surface area contributed by atoms with Gasteiger partial charge in [-0.2, -0.15) is 0 Å². The van der Waals surface area contributed by atoms with Gasteiger partial charge >= 0.3 is 0 Å². The minimum atomic E-state index is -0.999. The molecule has 7 heteroatoms. The molecule has 0 bridgehead atoms. The lowest BCUT2D eigenvalue weighted by Gasteiger charge is -2.22. The minimum Gasteiger partial charge on any atom is -0.394 e. The maximum Gasteiger partial charge on any atom is 0.251 e. The van der Waals surface area contributed by atoms with Crippen molar-refractivity contribution in [3.05, 3.63) is 29.3 Å². The molecule has 0 aliphatic heterocycles. The lowest BCUT2D eigenvalue weighted by Crippen LogP contribution is -2.43. The Morgan fingerprint density at radius 1 is 1.25 bits per heavy atom. The van der Waals surface area contributed by atoms with Crippen LogP contribution in [-0.2, 0) is 4.79 Å². The molecule has 1 aromatic rings. The molecule has 4 N–H and O–H groups in total. The van der Waals surface area contributed by atoms with Gasteiger partial charge in [0.25, 0.3) is 5.91 Å². The van der Waals surface area contributed by atoms with Crippen molar-refractivity contribution in [3.8, 4) is 0 Å². The van der Waals surface area contributed by atoms with Crippen molar-refractivity contribution in [2.24, 2.45) is 5.41 Å². The summed E-state index contributed by atoms with van der Waals surface area (Å²) in [6, 6.07) is 1.70. The molecule has 0 aromatic heterocycles. The van der Waals surface area contributed by atoms with Gasteiger partial charge < -0.3 is 16.4 Å². The molecule has 0 saturated heterocycles. The zero-order chi connectivity index (χ0) is 15.5. The monoisotopic (exact) mass is 285 g/mol. The van der Waals surface area contributed by atoms with Crippen LogP contribution in [0.1, 0.15) is 24.2 Å². The molecule has 0 aliphatic carbocycles. The number of benzene rings is 1. The number of carbonyl (C=O) groups is 2. The van der Waals surface area contributed by atoms with Crippen molar-refractivity contribution < 1.29 is 18.4 Å². The molecule has 0 radical (unpaired) electrons. The van der Waals surface area contributed by atoms with E-state index in [-0.39, 0.29) is 18.0 Å². The van der Waals surface area contributed by atoms with Gasteiger partial charge in [0.15, 0.2) is 0 Å². The Morgan fingerprint density at radius 2 is 1.75 bits per heavy atom. The van der Waals surface area contributed by atoms with Crippen LogP contribution in [0.5, 0.6) is 0 Å². The average Bonchev–Trinajstić information content (AvgIpc) is 2.40. The maximum atomic E-state index is 13.2. The van der Waals surface area contributed by atoms with Crippen LogP contribution in [-0.4, -0.2) is 25.4 Å². The summed E-state index contributed by atoms with van der Waals surface area (Å²) in [6.45, 7) is 3.30. The molecule has 0 saturated carbocycles. The second-order valence-electron chi connectivity index (χ2n) is 5.00. The number of halogens is 2. The fourth-order valence-corrected chi connectivity index (χ4v) is 1.54. The highest BCUT2D eigenvalue weighted by Gasteiger charge is 2.27. The summed E-state index contributed by atoms with van der Waals surface area (Å²) in [6.07, 6.45) is 0. The van der Waals surface area contributed by atoms with E-state index in [2.05, 4.69) is 10.6 Å². The third-order valence-electron chi connectivity index (χ3n) is 2.87. The molecular formula is C13H17F2N3O2. The zero-order valence-electron chi connectivity index (χ0n) is 11.5. The number of hydrogen-bond donors (Lipinski definition) is 3. The molecule has 2 amide bonds. The van der Waals surface area contributed by atoms with Crippen LogP contribution in [0, 0.1) is 17.0 Å². The normalized spacial score (nSPS) is 11.1. The number of nitrogens with one attached hydrogen (secondary N) is 2. The van der Waals surface area contributed by atoms with Gasteiger partial charge in [-0.15, -0.1) is 0 Å². The van der Waals surface area contributed by atoms with E-state index in [4.69, 9.17) is 5.73 Å². The fourth-order valence-electron chi connectivity index (χ4n) is 1.54. The second kappa shape index (κ2) is 5.85. The summed E-state index contributed by atoms with van der Waals surface area (Å²) in [5.74, 6) is -2.94. The molecule has 110 valence electrons. The number of anilines is 1. The Balaban J connectivity index is 2.80. The molecule has 0 heterocycles. The van der Waals surface area contributed by atoms with Crippen molar-refractivity contribution in [3.63, 3.8) is 0 Å². The second-order valence-corrected chi connectivity index (χ2v) is 5.00. The first-order valence-corrected chi connectivity index (χ1v) is 5.94. The standard InChI is InChI=1S/C13H17F2N3O2/c1-13(2,12(20)17-3)6-18-11(19)7-4-8(14)10(16)9(15)5-7/h4-5H,6,16H2,1-3H3,(H,17,20)(H,18,19). The van der Waals surface area contributed by atoms with Gasteiger partial charge in [-0.1, -0.05) is 0 Å². The van der Waals surface area contributed by atoms with Gasteiger partial charge in [-0.3, -0.25) is 9.59 Å². The van der Waals surface area contributed by atoms with Gasteiger partial charge in [0, 0.05) is 19.2 Å². The molecule has 5 nitrogen and oxygen atoms in total. The Hall–Kier alpha value is -2.18. The predicted octanol–water partition coefficient (Wildman–Crippen LogP) is 1.05. The highest BCUT2D eigenvalue weighted by Crippen LogP contribution is 2.18. The molecule has 20 heavy (non-hydrogen) atoms. The summed E-state index contributed by atoms with van der Waals surface area (Å²) in [5.41, 5.74) is 3.45. The average molecular weight is 285 g/mol. The van der Waals surface area contributed by atoms with E-state index in [0.29, 0.717) is 0 Å². The topological polar surface area (TPSA) is 84.2 Å². The van der Waals surface area contributed by atoms with E-state index in [1.807, 2.05) is 0 Å². The van der Waals surface area contributed by atoms with Gasteiger partial charge in [-0.05, 0) is 26.0 Å². The van der Waals surface area contributed by atoms with Crippen molar-refractivity contribution in [1.82, 2.24) is 10.6 Å². The van der Waals surface area contributed by atoms with E-state index in [1.54, 1.807) is 13.8 Å². The summed E-state index contributed by atoms with van der Waals surface area (Å²) in [5, 5.41) is 4.92. The van der Waals surface area contributed by atoms with E-state index in [1.165, 1.54) is 7.05 Å². The van der Waals surface area contributed by atoms with Crippen molar-refractivity contribution in [2.45, 2.75) is 13.8 Å². The van der Waals surface area contributed by atoms with E-state index in [0.717, 1.165) is 12.1 Å². The van der Waals surface area contributed by atoms with Gasteiger partial charge in [-0.25, -0.2) is 8.78 Å². The number of amides is 2. The molecule has 1 rings (SSSR count). The molecule has 0 aliphatic rings. The first kappa shape index (κ1) is 15.9. The molecule has 0 atom stereocenters. The number of rotatable bonds is 4. The van der Waals surface area contributed by atoms with Gasteiger partial charge in [0.05, 0.1) is 5.41 Å². The number of nitrogens with two attached hydrogens (primary N) is 1. The van der Waals surface area contributed by atoms with Crippen LogP contribution < -0.4 is 16.4 Å². The lowest BCUT2D eigenvalue weighted by molar-refractivity contribution is -0.128. The molecular weight excluding hydrogens is 268 g/mol. The first-order chi connectivity index (χ1) is 9.19. The van der Waals surface area contributed by atoms with E-state index >= 15 is 0 Å². The van der Waals surface area contributed by atoms with Crippen LogP contribution in [0.3, 0.4) is 0 Å². The first-order valence-electron chi connectivity index (χ1n) is 5.94. The minimum absolute atomic E-state index is 0.0269. The smallest absolute Gasteiger partial charge is 0.251 e. The third-order valence-corrected chi connectivity index (χ3v) is 2.87. The summed E-state index contributed by atoms with van der Waals surface area (Å²) in [4.78, 5) is 23.3. The highest BCUT2D eigenvalue weighted by atomic mass is 19.1. The van der Waals surface area contributed by atoms with Crippen LogP contribution in [0.15, 0.2) is 12.1 Å². The Labute approximate surface area is 115 Å². The van der Waals surface area contributed by atoms with Crippen LogP contribution in [0.25, 0.3) is 0 Å². The Kier molecular flexibility index (Phi) is 4.65. The zero-order valence-corrected chi connectivity index (χ0v) is 11.5. The quantitative estimate of drug-likeness (QED) is 0.723. The number of carbonyl (C=O) groups excluding carboxylic acids is 2. The largest absolute Gasteiger partial charge is 0.394 e. The van der Waals surface area contributed by atoms with Gasteiger partial charge in [0.1, 0.15) is 17.3 Å². The molecule has 0 unspecified atom stereocenters. The number of hydrogen-bond acceptors (Lipinski definition) is 3. The third kappa shape index (κ3) is 3.43. The van der Waals surface area contributed by atoms with Gasteiger partial charge in [0.2, 0.25) is 5.91 Å². The van der Waals surface area contributed by atoms with Crippen molar-refractivity contribution in [2.75, 3.05) is 19.3 Å². The number of nitrogen functional groups attached to an aromatic ring is 1. The maximum absolute atomic E-state index is 13.2. The fraction of sp³-hybridized carbons (Fsp3) is 0.385. The Morgan fingerprint density at radius 3 is 2.20 bits per heavy atom. The van der Waals surface area contributed by atoms with Crippen LogP contribution in [0.2, 0.25) is 0 Å². The molecule has 0 spiro atoms. The summed E-state index contributed by atoms with van der Waals surface area (Å²) in [7, 11) is 1.48. The molecule has 0 fully saturated rings. The summed E-state index contributed by atoms with van der Waals surface area (Å²) < 4.78 is 26.5. The van der Waals surface area contributed by atoms with Crippen LogP contribution in [0.4, 0.5) is 14.5 Å². The van der Waals surface area contributed by atoms with E-state index < -0.39 is 28.6 Å². The Bertz CT molecular complexity index is 521.